The number of hydrogen-bond acceptors (Lipinski definition) is 3. The SMILES string of the molecule is CC1(C)OB(c2ccc3c(c2)C2(c4ccccc4-3)c3cc4ccccc4cc3N(c3ccccc3)c3cc4ccccc4cc32)OC1(C)C. The van der Waals surface area contributed by atoms with Crippen LogP contribution in [0.2, 0.25) is 0 Å². The van der Waals surface area contributed by atoms with Crippen molar-refractivity contribution >= 4 is 51.2 Å². The summed E-state index contributed by atoms with van der Waals surface area (Å²) in [4.78, 5) is 2.48. The van der Waals surface area contributed by atoms with Crippen molar-refractivity contribution in [3.8, 4) is 11.1 Å². The minimum Gasteiger partial charge on any atom is -0.399 e. The molecule has 1 fully saturated rings. The minimum atomic E-state index is -0.588. The molecule has 0 N–H and O–H groups in total. The Labute approximate surface area is 287 Å². The van der Waals surface area contributed by atoms with Crippen molar-refractivity contribution in [2.75, 3.05) is 4.90 Å². The van der Waals surface area contributed by atoms with E-state index in [1.54, 1.807) is 0 Å². The number of rotatable bonds is 2. The van der Waals surface area contributed by atoms with Gasteiger partial charge in [-0.25, -0.2) is 0 Å². The maximum atomic E-state index is 6.66. The molecule has 0 unspecified atom stereocenters. The predicted molar refractivity (Wildman–Crippen MR) is 203 cm³/mol. The highest BCUT2D eigenvalue weighted by Crippen LogP contribution is 2.64. The molecule has 1 saturated heterocycles. The van der Waals surface area contributed by atoms with Crippen molar-refractivity contribution < 1.29 is 9.31 Å². The number of nitrogens with zero attached hydrogens (tertiary/aromatic N) is 1. The summed E-state index contributed by atoms with van der Waals surface area (Å²) in [6.45, 7) is 8.50. The Balaban J connectivity index is 1.36. The van der Waals surface area contributed by atoms with E-state index in [1.165, 1.54) is 66.3 Å². The van der Waals surface area contributed by atoms with Gasteiger partial charge in [0.2, 0.25) is 0 Å². The zero-order chi connectivity index (χ0) is 33.1. The third kappa shape index (κ3) is 3.87. The van der Waals surface area contributed by atoms with E-state index < -0.39 is 23.7 Å². The Kier molecular flexibility index (Phi) is 5.85. The quantitative estimate of drug-likeness (QED) is 0.177. The van der Waals surface area contributed by atoms with Crippen molar-refractivity contribution in [2.24, 2.45) is 0 Å². The van der Waals surface area contributed by atoms with E-state index >= 15 is 0 Å². The molecule has 10 rings (SSSR count). The van der Waals surface area contributed by atoms with E-state index in [0.717, 1.165) is 11.2 Å². The zero-order valence-corrected chi connectivity index (χ0v) is 28.2. The summed E-state index contributed by atoms with van der Waals surface area (Å²) in [5.41, 5.74) is 10.7. The van der Waals surface area contributed by atoms with Gasteiger partial charge in [0.05, 0.1) is 28.0 Å². The lowest BCUT2D eigenvalue weighted by Crippen LogP contribution is -2.41. The molecule has 236 valence electrons. The second-order valence-corrected chi connectivity index (χ2v) is 14.8. The van der Waals surface area contributed by atoms with E-state index in [-0.39, 0.29) is 0 Å². The van der Waals surface area contributed by atoms with Crippen LogP contribution < -0.4 is 10.4 Å². The third-order valence-electron chi connectivity index (χ3n) is 11.6. The molecule has 0 saturated carbocycles. The molecule has 7 aromatic carbocycles. The van der Waals surface area contributed by atoms with Gasteiger partial charge in [0.15, 0.2) is 0 Å². The van der Waals surface area contributed by atoms with Crippen LogP contribution >= 0.6 is 0 Å². The number of fused-ring (bicyclic) bond motifs is 11. The van der Waals surface area contributed by atoms with Crippen LogP contribution in [-0.4, -0.2) is 18.3 Å². The van der Waals surface area contributed by atoms with E-state index in [4.69, 9.17) is 9.31 Å². The molecule has 0 amide bonds. The molecule has 49 heavy (non-hydrogen) atoms. The van der Waals surface area contributed by atoms with E-state index in [0.29, 0.717) is 0 Å². The zero-order valence-electron chi connectivity index (χ0n) is 28.2. The van der Waals surface area contributed by atoms with Gasteiger partial charge in [-0.15, -0.1) is 0 Å². The number of benzene rings is 7. The standard InChI is InChI=1S/C45H36BNO2/c1-43(2)44(3,4)49-46(48-43)33-22-23-36-35-20-12-13-21-37(35)45(38(36)28-33)39-24-29-14-8-10-16-31(29)26-41(39)47(34-18-6-5-7-19-34)42-27-32-17-11-9-15-30(32)25-40(42)45/h5-28H,1-4H3. The second-order valence-electron chi connectivity index (χ2n) is 14.8. The molecule has 0 atom stereocenters. The fourth-order valence-electron chi connectivity index (χ4n) is 8.56. The number of para-hydroxylation sites is 1. The molecule has 3 aliphatic rings. The largest absolute Gasteiger partial charge is 0.494 e. The highest BCUT2D eigenvalue weighted by atomic mass is 16.7. The summed E-state index contributed by atoms with van der Waals surface area (Å²) in [7, 11) is -0.465. The summed E-state index contributed by atoms with van der Waals surface area (Å²) >= 11 is 0. The average Bonchev–Trinajstić information content (AvgIpc) is 3.53. The summed E-state index contributed by atoms with van der Waals surface area (Å²) < 4.78 is 13.3. The molecule has 4 heteroatoms. The van der Waals surface area contributed by atoms with Gasteiger partial charge >= 0.3 is 7.12 Å². The van der Waals surface area contributed by atoms with Gasteiger partial charge in [-0.1, -0.05) is 109 Å². The maximum Gasteiger partial charge on any atom is 0.494 e. The fourth-order valence-corrected chi connectivity index (χ4v) is 8.56. The van der Waals surface area contributed by atoms with Gasteiger partial charge < -0.3 is 14.2 Å². The highest BCUT2D eigenvalue weighted by Gasteiger charge is 2.55. The molecule has 0 aromatic heterocycles. The summed E-state index contributed by atoms with van der Waals surface area (Å²) in [5.74, 6) is 0. The maximum absolute atomic E-state index is 6.66. The molecule has 1 aliphatic carbocycles. The van der Waals surface area contributed by atoms with E-state index in [9.17, 15) is 0 Å². The Bertz CT molecular complexity index is 2380. The van der Waals surface area contributed by atoms with Crippen LogP contribution in [0, 0.1) is 0 Å². The third-order valence-corrected chi connectivity index (χ3v) is 11.6. The molecular formula is C45H36BNO2. The van der Waals surface area contributed by atoms with E-state index in [1.807, 2.05) is 0 Å². The molecule has 2 aliphatic heterocycles. The molecule has 1 spiro atoms. The molecule has 3 nitrogen and oxygen atoms in total. The lowest BCUT2D eigenvalue weighted by Gasteiger charge is -2.45. The first-order chi connectivity index (χ1) is 23.8. The second kappa shape index (κ2) is 9.95. The Morgan fingerprint density at radius 2 is 0.939 bits per heavy atom. The number of anilines is 3. The van der Waals surface area contributed by atoms with Crippen molar-refractivity contribution in [3.05, 3.63) is 168 Å². The molecule has 2 heterocycles. The van der Waals surface area contributed by atoms with Gasteiger partial charge in [-0.3, -0.25) is 0 Å². The lowest BCUT2D eigenvalue weighted by atomic mass is 9.63. The van der Waals surface area contributed by atoms with Crippen LogP contribution in [0.5, 0.6) is 0 Å². The van der Waals surface area contributed by atoms with Crippen molar-refractivity contribution in [3.63, 3.8) is 0 Å². The van der Waals surface area contributed by atoms with Crippen LogP contribution in [0.4, 0.5) is 17.1 Å². The fraction of sp³-hybridized carbons (Fsp3) is 0.156. The van der Waals surface area contributed by atoms with Gasteiger partial charge in [0.25, 0.3) is 0 Å². The first kappa shape index (κ1) is 28.8. The van der Waals surface area contributed by atoms with Gasteiger partial charge in [0, 0.05) is 5.69 Å². The van der Waals surface area contributed by atoms with Gasteiger partial charge in [-0.2, -0.15) is 0 Å². The highest BCUT2D eigenvalue weighted by molar-refractivity contribution is 6.62. The van der Waals surface area contributed by atoms with Crippen LogP contribution in [0.15, 0.2) is 146 Å². The van der Waals surface area contributed by atoms with Crippen LogP contribution in [-0.2, 0) is 14.7 Å². The van der Waals surface area contributed by atoms with Crippen molar-refractivity contribution in [2.45, 2.75) is 44.3 Å². The van der Waals surface area contributed by atoms with Gasteiger partial charge in [0.1, 0.15) is 0 Å². The van der Waals surface area contributed by atoms with Crippen LogP contribution in [0.1, 0.15) is 49.9 Å². The summed E-state index contributed by atoms with van der Waals surface area (Å²) in [6, 6.07) is 53.9. The first-order valence-corrected chi connectivity index (χ1v) is 17.3. The Morgan fingerprint density at radius 1 is 0.449 bits per heavy atom. The number of hydrogen-bond donors (Lipinski definition) is 0. The minimum absolute atomic E-state index is 0.435. The lowest BCUT2D eigenvalue weighted by molar-refractivity contribution is 0.00578. The molecule has 0 radical (unpaired) electrons. The summed E-state index contributed by atoms with van der Waals surface area (Å²) in [5, 5.41) is 4.90. The van der Waals surface area contributed by atoms with Crippen molar-refractivity contribution in [1.82, 2.24) is 0 Å². The predicted octanol–water partition coefficient (Wildman–Crippen LogP) is 10.4. The smallest absolute Gasteiger partial charge is 0.399 e. The van der Waals surface area contributed by atoms with Gasteiger partial charge in [-0.05, 0) is 124 Å². The Morgan fingerprint density at radius 3 is 1.53 bits per heavy atom. The topological polar surface area (TPSA) is 21.7 Å². The van der Waals surface area contributed by atoms with Crippen molar-refractivity contribution in [1.29, 1.82) is 0 Å². The molecule has 7 aromatic rings. The molecular weight excluding hydrogens is 597 g/mol. The Hall–Kier alpha value is -5.16. The van der Waals surface area contributed by atoms with Crippen LogP contribution in [0.3, 0.4) is 0 Å². The average molecular weight is 634 g/mol. The molecule has 0 bridgehead atoms. The van der Waals surface area contributed by atoms with Crippen LogP contribution in [0.25, 0.3) is 32.7 Å². The monoisotopic (exact) mass is 633 g/mol. The summed E-state index contributed by atoms with van der Waals surface area (Å²) in [6.07, 6.45) is 0. The normalized spacial score (nSPS) is 17.6. The first-order valence-electron chi connectivity index (χ1n) is 17.3. The van der Waals surface area contributed by atoms with E-state index in [2.05, 4.69) is 178 Å².